The Morgan fingerprint density at radius 3 is 2.61 bits per heavy atom. The van der Waals surface area contributed by atoms with Crippen molar-refractivity contribution >= 4 is 17.0 Å². The van der Waals surface area contributed by atoms with Crippen LogP contribution in [0.4, 0.5) is 5.69 Å². The summed E-state index contributed by atoms with van der Waals surface area (Å²) >= 11 is 0. The Morgan fingerprint density at radius 1 is 1.03 bits per heavy atom. The third-order valence-electron chi connectivity index (χ3n) is 5.89. The van der Waals surface area contributed by atoms with Crippen LogP contribution in [0.3, 0.4) is 0 Å². The first kappa shape index (κ1) is 22.8. The van der Waals surface area contributed by atoms with Gasteiger partial charge in [0.15, 0.2) is 0 Å². The topological polar surface area (TPSA) is 38.4 Å². The lowest BCUT2D eigenvalue weighted by atomic mass is 9.87. The molecule has 0 fully saturated rings. The van der Waals surface area contributed by atoms with Crippen LogP contribution in [0.15, 0.2) is 78.3 Å². The molecule has 0 aliphatic heterocycles. The Kier molecular flexibility index (Phi) is 8.46. The largest absolute Gasteiger partial charge is 0.399 e. The van der Waals surface area contributed by atoms with Crippen molar-refractivity contribution in [2.75, 3.05) is 12.3 Å². The van der Waals surface area contributed by atoms with E-state index in [1.807, 2.05) is 12.1 Å². The quantitative estimate of drug-likeness (QED) is 0.422. The molecule has 0 radical (unpaired) electrons. The minimum absolute atomic E-state index is 0.600. The molecule has 0 saturated carbocycles. The fourth-order valence-electron chi connectivity index (χ4n) is 4.22. The Morgan fingerprint density at radius 2 is 1.81 bits per heavy atom. The number of aliphatic imine (C=N–C) groups is 1. The van der Waals surface area contributed by atoms with Crippen LogP contribution in [0, 0.1) is 12.8 Å². The maximum atomic E-state index is 5.81. The van der Waals surface area contributed by atoms with Gasteiger partial charge in [0.05, 0.1) is 0 Å². The maximum absolute atomic E-state index is 5.81. The first-order chi connectivity index (χ1) is 15.0. The van der Waals surface area contributed by atoms with E-state index in [1.165, 1.54) is 27.8 Å². The van der Waals surface area contributed by atoms with E-state index < -0.39 is 0 Å². The van der Waals surface area contributed by atoms with Gasteiger partial charge >= 0.3 is 0 Å². The molecule has 0 spiro atoms. The van der Waals surface area contributed by atoms with Crippen molar-refractivity contribution in [1.82, 2.24) is 0 Å². The van der Waals surface area contributed by atoms with Gasteiger partial charge in [0, 0.05) is 24.4 Å². The lowest BCUT2D eigenvalue weighted by Gasteiger charge is -2.18. The van der Waals surface area contributed by atoms with Crippen molar-refractivity contribution in [1.29, 1.82) is 0 Å². The van der Waals surface area contributed by atoms with Gasteiger partial charge in [-0.2, -0.15) is 0 Å². The van der Waals surface area contributed by atoms with Crippen molar-refractivity contribution in [3.63, 3.8) is 0 Å². The van der Waals surface area contributed by atoms with Crippen LogP contribution in [0.5, 0.6) is 0 Å². The average Bonchev–Trinajstić information content (AvgIpc) is 2.73. The number of hydrogen-bond acceptors (Lipinski definition) is 2. The second-order valence-electron chi connectivity index (χ2n) is 8.75. The molecule has 2 heteroatoms. The predicted molar refractivity (Wildman–Crippen MR) is 137 cm³/mol. The molecule has 2 aromatic carbocycles. The van der Waals surface area contributed by atoms with E-state index in [0.29, 0.717) is 5.92 Å². The summed E-state index contributed by atoms with van der Waals surface area (Å²) in [5.41, 5.74) is 14.2. The van der Waals surface area contributed by atoms with E-state index >= 15 is 0 Å². The molecule has 162 valence electrons. The van der Waals surface area contributed by atoms with Gasteiger partial charge in [-0.05, 0) is 91.0 Å². The number of nitrogens with two attached hydrogens (primary N) is 1. The average molecular weight is 413 g/mol. The normalized spacial score (nSPS) is 21.3. The van der Waals surface area contributed by atoms with Crippen molar-refractivity contribution in [2.24, 2.45) is 10.9 Å². The summed E-state index contributed by atoms with van der Waals surface area (Å²) in [5, 5.41) is 0. The molecule has 0 bridgehead atoms. The zero-order chi connectivity index (χ0) is 22.1. The fourth-order valence-corrected chi connectivity index (χ4v) is 4.22. The fraction of sp³-hybridized carbons (Fsp3) is 0.345. The lowest BCUT2D eigenvalue weighted by molar-refractivity contribution is 0.610. The molecule has 1 unspecified atom stereocenters. The van der Waals surface area contributed by atoms with Gasteiger partial charge in [-0.25, -0.2) is 0 Å². The number of nitrogen functional groups attached to an aromatic ring is 1. The first-order valence-electron chi connectivity index (χ1n) is 11.5. The molecule has 2 aromatic rings. The highest BCUT2D eigenvalue weighted by atomic mass is 14.7. The standard InChI is InChI=1S/C29H36N2/c1-22-10-7-5-4-6-8-13-28(31-19-18-25-14-16-27(30)17-15-25)21-26-12-9-11-23(2)29(26)24(3)20-22/h5,7-9,11-17,22H,3-4,6,10,18-21,30H2,1-2H3/b7-5+,13-8+,31-28?. The van der Waals surface area contributed by atoms with Gasteiger partial charge < -0.3 is 5.73 Å². The van der Waals surface area contributed by atoms with Crippen LogP contribution in [0.2, 0.25) is 0 Å². The van der Waals surface area contributed by atoms with Crippen molar-refractivity contribution in [3.8, 4) is 0 Å². The number of rotatable bonds is 3. The van der Waals surface area contributed by atoms with Gasteiger partial charge in [-0.3, -0.25) is 4.99 Å². The van der Waals surface area contributed by atoms with E-state index in [1.54, 1.807) is 0 Å². The molecular formula is C29H36N2. The highest BCUT2D eigenvalue weighted by molar-refractivity contribution is 5.97. The molecule has 31 heavy (non-hydrogen) atoms. The summed E-state index contributed by atoms with van der Waals surface area (Å²) in [7, 11) is 0. The number of allylic oxidation sites excluding steroid dienone is 5. The van der Waals surface area contributed by atoms with Crippen LogP contribution in [0.25, 0.3) is 5.57 Å². The summed E-state index contributed by atoms with van der Waals surface area (Å²) in [5.74, 6) is 0.600. The highest BCUT2D eigenvalue weighted by Crippen LogP contribution is 2.29. The van der Waals surface area contributed by atoms with Crippen LogP contribution in [-0.4, -0.2) is 12.3 Å². The second-order valence-corrected chi connectivity index (χ2v) is 8.75. The Hall–Kier alpha value is -2.87. The number of benzene rings is 2. The summed E-state index contributed by atoms with van der Waals surface area (Å²) in [4.78, 5) is 4.99. The van der Waals surface area contributed by atoms with E-state index in [2.05, 4.69) is 75.1 Å². The van der Waals surface area contributed by atoms with Crippen molar-refractivity contribution < 1.29 is 0 Å². The minimum atomic E-state index is 0.600. The van der Waals surface area contributed by atoms with Gasteiger partial charge in [0.2, 0.25) is 0 Å². The molecule has 2 nitrogen and oxygen atoms in total. The highest BCUT2D eigenvalue weighted by Gasteiger charge is 2.13. The van der Waals surface area contributed by atoms with Crippen LogP contribution < -0.4 is 5.73 Å². The number of anilines is 1. The summed E-state index contributed by atoms with van der Waals surface area (Å²) in [6, 6.07) is 14.7. The lowest BCUT2D eigenvalue weighted by Crippen LogP contribution is -2.07. The SMILES string of the molecule is C=C1CC(C)C/C=C/CC/C=C/C(=NCCc2ccc(N)cc2)Cc2cccc(C)c21. The molecule has 1 atom stereocenters. The van der Waals surface area contributed by atoms with Crippen molar-refractivity contribution in [3.05, 3.63) is 95.6 Å². The number of fused-ring (bicyclic) bond motifs is 1. The van der Waals surface area contributed by atoms with Gasteiger partial charge in [0.25, 0.3) is 0 Å². The van der Waals surface area contributed by atoms with E-state index in [-0.39, 0.29) is 0 Å². The molecular weight excluding hydrogens is 376 g/mol. The van der Waals surface area contributed by atoms with Gasteiger partial charge in [0.1, 0.15) is 0 Å². The molecule has 0 heterocycles. The van der Waals surface area contributed by atoms with Crippen LogP contribution in [-0.2, 0) is 12.8 Å². The van der Waals surface area contributed by atoms with E-state index in [9.17, 15) is 0 Å². The van der Waals surface area contributed by atoms with E-state index in [0.717, 1.165) is 56.5 Å². The van der Waals surface area contributed by atoms with Crippen LogP contribution >= 0.6 is 0 Å². The third kappa shape index (κ3) is 7.10. The Bertz CT molecular complexity index is 961. The molecule has 1 aliphatic carbocycles. The minimum Gasteiger partial charge on any atom is -0.399 e. The number of nitrogens with zero attached hydrogens (tertiary/aromatic N) is 1. The zero-order valence-corrected chi connectivity index (χ0v) is 19.1. The van der Waals surface area contributed by atoms with Gasteiger partial charge in [-0.15, -0.1) is 0 Å². The monoisotopic (exact) mass is 412 g/mol. The van der Waals surface area contributed by atoms with E-state index in [4.69, 9.17) is 10.7 Å². The maximum Gasteiger partial charge on any atom is 0.0433 e. The second kappa shape index (κ2) is 11.5. The van der Waals surface area contributed by atoms with Crippen molar-refractivity contribution in [2.45, 2.75) is 52.4 Å². The molecule has 1 aliphatic rings. The Balaban J connectivity index is 1.85. The predicted octanol–water partition coefficient (Wildman–Crippen LogP) is 7.14. The molecule has 0 aromatic heterocycles. The first-order valence-corrected chi connectivity index (χ1v) is 11.5. The number of hydrogen-bond donors (Lipinski definition) is 1. The van der Waals surface area contributed by atoms with Gasteiger partial charge in [-0.1, -0.05) is 62.1 Å². The summed E-state index contributed by atoms with van der Waals surface area (Å²) in [6.45, 7) is 9.78. The number of aryl methyl sites for hydroxylation is 1. The Labute approximate surface area is 188 Å². The summed E-state index contributed by atoms with van der Waals surface area (Å²) in [6.07, 6.45) is 15.2. The molecule has 2 N–H and O–H groups in total. The molecule has 0 amide bonds. The zero-order valence-electron chi connectivity index (χ0n) is 19.1. The van der Waals surface area contributed by atoms with Crippen LogP contribution in [0.1, 0.15) is 54.9 Å². The molecule has 3 rings (SSSR count). The molecule has 0 saturated heterocycles. The smallest absolute Gasteiger partial charge is 0.0433 e. The third-order valence-corrected chi connectivity index (χ3v) is 5.89. The summed E-state index contributed by atoms with van der Waals surface area (Å²) < 4.78 is 0.